The highest BCUT2D eigenvalue weighted by molar-refractivity contribution is 5.69. The molecule has 0 aromatic carbocycles. The van der Waals surface area contributed by atoms with Gasteiger partial charge in [0, 0.05) is 26.2 Å². The Labute approximate surface area is 222 Å². The Bertz CT molecular complexity index is 872. The number of methoxy groups -OCH3 is 1. The third kappa shape index (κ3) is 5.31. The Morgan fingerprint density at radius 2 is 1.70 bits per heavy atom. The number of ether oxygens (including phenoxy) is 3. The van der Waals surface area contributed by atoms with E-state index >= 15 is 0 Å². The first-order valence-corrected chi connectivity index (χ1v) is 14.5. The maximum Gasteiger partial charge on any atom is 0.305 e. The van der Waals surface area contributed by atoms with Gasteiger partial charge in [0.25, 0.3) is 0 Å². The second-order valence-corrected chi connectivity index (χ2v) is 13.2. The van der Waals surface area contributed by atoms with Crippen LogP contribution >= 0.6 is 0 Å². The highest BCUT2D eigenvalue weighted by Gasteiger charge is 2.67. The van der Waals surface area contributed by atoms with Crippen molar-refractivity contribution in [3.05, 3.63) is 0 Å². The van der Waals surface area contributed by atoms with E-state index in [9.17, 15) is 19.5 Å². The van der Waals surface area contributed by atoms with Gasteiger partial charge in [0.2, 0.25) is 0 Å². The van der Waals surface area contributed by atoms with Gasteiger partial charge in [-0.25, -0.2) is 0 Å². The molecule has 210 valence electrons. The predicted octanol–water partition coefficient (Wildman–Crippen LogP) is 5.07. The number of rotatable bonds is 6. The quantitative estimate of drug-likeness (QED) is 0.386. The van der Waals surface area contributed by atoms with Crippen LogP contribution in [0.25, 0.3) is 0 Å². The van der Waals surface area contributed by atoms with Gasteiger partial charge in [0.15, 0.2) is 0 Å². The smallest absolute Gasteiger partial charge is 0.305 e. The van der Waals surface area contributed by atoms with Crippen LogP contribution in [-0.2, 0) is 28.6 Å². The summed E-state index contributed by atoms with van der Waals surface area (Å²) in [6.07, 6.45) is 7.66. The van der Waals surface area contributed by atoms with E-state index in [4.69, 9.17) is 14.2 Å². The van der Waals surface area contributed by atoms with Crippen LogP contribution in [-0.4, -0.2) is 48.4 Å². The lowest BCUT2D eigenvalue weighted by atomic mass is 9.42. The molecule has 0 amide bonds. The molecule has 0 heterocycles. The van der Waals surface area contributed by atoms with Crippen LogP contribution in [0.2, 0.25) is 0 Å². The number of hydrogen-bond donors (Lipinski definition) is 1. The van der Waals surface area contributed by atoms with E-state index < -0.39 is 6.10 Å². The number of carbonyl (C=O) groups is 3. The van der Waals surface area contributed by atoms with Gasteiger partial charge >= 0.3 is 17.9 Å². The first-order chi connectivity index (χ1) is 17.4. The molecule has 0 aromatic rings. The Kier molecular flexibility index (Phi) is 8.33. The first kappa shape index (κ1) is 28.4. The zero-order valence-electron chi connectivity index (χ0n) is 23.7. The molecule has 2 bridgehead atoms. The average Bonchev–Trinajstić information content (AvgIpc) is 3.09. The van der Waals surface area contributed by atoms with Crippen molar-refractivity contribution in [1.82, 2.24) is 0 Å². The number of carbonyl (C=O) groups excluding carboxylic acids is 3. The van der Waals surface area contributed by atoms with E-state index in [1.165, 1.54) is 21.0 Å². The van der Waals surface area contributed by atoms with Gasteiger partial charge in [-0.15, -0.1) is 0 Å². The van der Waals surface area contributed by atoms with Crippen molar-refractivity contribution >= 4 is 17.9 Å². The van der Waals surface area contributed by atoms with Gasteiger partial charge in [0.05, 0.1) is 13.2 Å². The molecule has 5 unspecified atom stereocenters. The molecule has 1 N–H and O–H groups in total. The number of fused-ring (bicyclic) bond motifs is 3. The molecule has 4 aliphatic carbocycles. The largest absolute Gasteiger partial charge is 0.469 e. The predicted molar refractivity (Wildman–Crippen MR) is 138 cm³/mol. The molecule has 11 atom stereocenters. The van der Waals surface area contributed by atoms with Crippen LogP contribution in [0.1, 0.15) is 98.8 Å². The summed E-state index contributed by atoms with van der Waals surface area (Å²) in [5.74, 6) is 0.801. The lowest BCUT2D eigenvalue weighted by Crippen LogP contribution is -2.61. The van der Waals surface area contributed by atoms with Crippen LogP contribution < -0.4 is 0 Å². The van der Waals surface area contributed by atoms with Crippen molar-refractivity contribution < 1.29 is 33.7 Å². The Morgan fingerprint density at radius 1 is 1.00 bits per heavy atom. The molecular weight excluding hydrogens is 472 g/mol. The minimum atomic E-state index is -0.446. The summed E-state index contributed by atoms with van der Waals surface area (Å²) >= 11 is 0. The van der Waals surface area contributed by atoms with Crippen molar-refractivity contribution in [2.24, 2.45) is 46.3 Å². The molecule has 0 radical (unpaired) electrons. The van der Waals surface area contributed by atoms with Gasteiger partial charge in [-0.3, -0.25) is 14.4 Å². The summed E-state index contributed by atoms with van der Waals surface area (Å²) in [6, 6.07) is 0. The van der Waals surface area contributed by atoms with Gasteiger partial charge in [-0.1, -0.05) is 20.8 Å². The molecule has 0 aromatic heterocycles. The third-order valence-electron chi connectivity index (χ3n) is 11.2. The number of aliphatic hydroxyl groups excluding tert-OH is 1. The molecule has 37 heavy (non-hydrogen) atoms. The molecule has 4 fully saturated rings. The van der Waals surface area contributed by atoms with Gasteiger partial charge in [-0.2, -0.15) is 0 Å². The highest BCUT2D eigenvalue weighted by atomic mass is 16.5. The summed E-state index contributed by atoms with van der Waals surface area (Å²) in [5, 5.41) is 11.7. The first-order valence-electron chi connectivity index (χ1n) is 14.5. The summed E-state index contributed by atoms with van der Waals surface area (Å²) in [4.78, 5) is 35.9. The maximum atomic E-state index is 12.4. The van der Waals surface area contributed by atoms with Crippen molar-refractivity contribution in [3.8, 4) is 0 Å². The topological polar surface area (TPSA) is 99.1 Å². The van der Waals surface area contributed by atoms with E-state index in [1.807, 2.05) is 0 Å². The van der Waals surface area contributed by atoms with Gasteiger partial charge in [0.1, 0.15) is 12.2 Å². The molecule has 0 saturated heterocycles. The summed E-state index contributed by atoms with van der Waals surface area (Å²) in [5.41, 5.74) is -0.0714. The fourth-order valence-electron chi connectivity index (χ4n) is 9.70. The Morgan fingerprint density at radius 3 is 2.35 bits per heavy atom. The van der Waals surface area contributed by atoms with E-state index in [2.05, 4.69) is 20.8 Å². The Balaban J connectivity index is 1.66. The van der Waals surface area contributed by atoms with Gasteiger partial charge < -0.3 is 19.3 Å². The molecule has 4 rings (SSSR count). The zero-order chi connectivity index (χ0) is 27.1. The van der Waals surface area contributed by atoms with Crippen LogP contribution in [0.15, 0.2) is 0 Å². The minimum Gasteiger partial charge on any atom is -0.469 e. The normalized spacial score (nSPS) is 43.9. The lowest BCUT2D eigenvalue weighted by Gasteiger charge is -2.63. The van der Waals surface area contributed by atoms with E-state index in [-0.39, 0.29) is 52.8 Å². The zero-order valence-corrected chi connectivity index (χ0v) is 23.7. The van der Waals surface area contributed by atoms with Crippen LogP contribution in [0, 0.1) is 46.3 Å². The second kappa shape index (κ2) is 10.9. The van der Waals surface area contributed by atoms with Gasteiger partial charge in [-0.05, 0) is 98.2 Å². The molecule has 1 spiro atoms. The standard InChI is InChI=1S/C30H48O7/c1-17(7-10-26(34)35-6)23-15-24(33)27-28-25(37-20(4)32)14-21-13-22(36-19(3)31)9-8-18(2)30(28,16-21)12-11-29(23,27)5/h17-18,21-25,27-28,33H,7-16H2,1-6H3/t17-,18?,21?,22-,23-,24+,25-,27+,28?,29?,30?/m1/s1. The van der Waals surface area contributed by atoms with E-state index in [0.29, 0.717) is 30.1 Å². The summed E-state index contributed by atoms with van der Waals surface area (Å²) in [7, 11) is 1.43. The molecule has 7 nitrogen and oxygen atoms in total. The van der Waals surface area contributed by atoms with Crippen molar-refractivity contribution in [2.45, 2.75) is 117 Å². The fourth-order valence-corrected chi connectivity index (χ4v) is 9.70. The lowest BCUT2D eigenvalue weighted by molar-refractivity contribution is -0.206. The monoisotopic (exact) mass is 520 g/mol. The van der Waals surface area contributed by atoms with Crippen LogP contribution in [0.4, 0.5) is 0 Å². The minimum absolute atomic E-state index is 0.000468. The number of aliphatic hydroxyl groups is 1. The fraction of sp³-hybridized carbons (Fsp3) is 0.900. The average molecular weight is 521 g/mol. The van der Waals surface area contributed by atoms with Crippen molar-refractivity contribution in [2.75, 3.05) is 7.11 Å². The van der Waals surface area contributed by atoms with Crippen molar-refractivity contribution in [1.29, 1.82) is 0 Å². The van der Waals surface area contributed by atoms with Crippen molar-refractivity contribution in [3.63, 3.8) is 0 Å². The SMILES string of the molecule is COC(=O)CC[C@@H](C)[C@H]1C[C@H](O)[C@H]2C3[C@H](OC(C)=O)CC4C[C@H](OC(C)=O)CCC(C)C3(CCC12C)C4. The molecular formula is C30H48O7. The Hall–Kier alpha value is -1.63. The molecule has 4 aliphatic rings. The van der Waals surface area contributed by atoms with E-state index in [1.54, 1.807) is 0 Å². The summed E-state index contributed by atoms with van der Waals surface area (Å²) < 4.78 is 16.7. The second-order valence-electron chi connectivity index (χ2n) is 13.2. The molecule has 7 heteroatoms. The molecule has 4 saturated carbocycles. The number of hydrogen-bond acceptors (Lipinski definition) is 7. The maximum absolute atomic E-state index is 12.4. The highest BCUT2D eigenvalue weighted by Crippen LogP contribution is 2.70. The third-order valence-corrected chi connectivity index (χ3v) is 11.2. The molecule has 0 aliphatic heterocycles. The van der Waals surface area contributed by atoms with Crippen LogP contribution in [0.5, 0.6) is 0 Å². The van der Waals surface area contributed by atoms with Crippen LogP contribution in [0.3, 0.4) is 0 Å². The summed E-state index contributed by atoms with van der Waals surface area (Å²) in [6.45, 7) is 9.87. The number of esters is 3. The van der Waals surface area contributed by atoms with E-state index in [0.717, 1.165) is 57.8 Å².